The van der Waals surface area contributed by atoms with Gasteiger partial charge in [-0.3, -0.25) is 0 Å². The molecule has 0 bridgehead atoms. The first-order valence-corrected chi connectivity index (χ1v) is 6.12. The summed E-state index contributed by atoms with van der Waals surface area (Å²) in [4.78, 5) is 7.90. The molecule has 0 saturated carbocycles. The van der Waals surface area contributed by atoms with E-state index in [1.807, 2.05) is 13.0 Å². The average Bonchev–Trinajstić information content (AvgIpc) is 2.28. The zero-order chi connectivity index (χ0) is 13.1. The molecule has 0 aliphatic rings. The molecule has 4 nitrogen and oxygen atoms in total. The van der Waals surface area contributed by atoms with Gasteiger partial charge in [-0.1, -0.05) is 29.3 Å². The van der Waals surface area contributed by atoms with Crippen molar-refractivity contribution in [3.8, 4) is 0 Å². The van der Waals surface area contributed by atoms with Crippen molar-refractivity contribution in [3.05, 3.63) is 46.1 Å². The molecule has 1 atom stereocenters. The lowest BCUT2D eigenvalue weighted by Crippen LogP contribution is -2.09. The van der Waals surface area contributed by atoms with Crippen LogP contribution >= 0.6 is 23.2 Å². The highest BCUT2D eigenvalue weighted by Gasteiger charge is 2.10. The molecule has 1 aromatic heterocycles. The van der Waals surface area contributed by atoms with Crippen LogP contribution in [0.25, 0.3) is 0 Å². The lowest BCUT2D eigenvalue weighted by Gasteiger charge is -2.16. The Kier molecular flexibility index (Phi) is 3.89. The topological polar surface area (TPSA) is 63.8 Å². The third kappa shape index (κ3) is 3.03. The minimum absolute atomic E-state index is 0.0101. The van der Waals surface area contributed by atoms with E-state index in [0.717, 1.165) is 5.56 Å². The fourth-order valence-corrected chi connectivity index (χ4v) is 2.18. The quantitative estimate of drug-likeness (QED) is 0.904. The van der Waals surface area contributed by atoms with Crippen molar-refractivity contribution in [2.24, 2.45) is 0 Å². The van der Waals surface area contributed by atoms with Crippen LogP contribution in [0.15, 0.2) is 30.5 Å². The first-order valence-electron chi connectivity index (χ1n) is 5.36. The van der Waals surface area contributed by atoms with Gasteiger partial charge in [-0.25, -0.2) is 4.98 Å². The van der Waals surface area contributed by atoms with E-state index >= 15 is 0 Å². The van der Waals surface area contributed by atoms with Crippen molar-refractivity contribution in [1.82, 2.24) is 9.97 Å². The molecule has 0 radical (unpaired) electrons. The lowest BCUT2D eigenvalue weighted by molar-refractivity contribution is 0.873. The van der Waals surface area contributed by atoms with Crippen LogP contribution in [0, 0.1) is 0 Å². The summed E-state index contributed by atoms with van der Waals surface area (Å²) in [5.41, 5.74) is 6.46. The summed E-state index contributed by atoms with van der Waals surface area (Å²) in [5, 5.41) is 4.43. The first-order chi connectivity index (χ1) is 8.56. The number of rotatable bonds is 3. The number of benzene rings is 1. The molecule has 6 heteroatoms. The molecular formula is C12H12Cl2N4. The Labute approximate surface area is 115 Å². The van der Waals surface area contributed by atoms with Crippen molar-refractivity contribution in [1.29, 1.82) is 0 Å². The van der Waals surface area contributed by atoms with Crippen LogP contribution in [0.4, 0.5) is 11.8 Å². The van der Waals surface area contributed by atoms with Crippen molar-refractivity contribution in [3.63, 3.8) is 0 Å². The SMILES string of the molecule is CC(Nc1ccnc(N)n1)c1ccc(Cl)cc1Cl. The van der Waals surface area contributed by atoms with E-state index in [4.69, 9.17) is 28.9 Å². The minimum Gasteiger partial charge on any atom is -0.368 e. The standard InChI is InChI=1S/C12H12Cl2N4/c1-7(9-3-2-8(13)6-10(9)14)17-11-4-5-16-12(15)18-11/h2-7H,1H3,(H3,15,16,17,18). The van der Waals surface area contributed by atoms with Crippen molar-refractivity contribution >= 4 is 35.0 Å². The second kappa shape index (κ2) is 5.42. The molecule has 3 N–H and O–H groups in total. The number of aromatic nitrogens is 2. The normalized spacial score (nSPS) is 12.2. The van der Waals surface area contributed by atoms with Gasteiger partial charge in [0.1, 0.15) is 5.82 Å². The molecule has 1 unspecified atom stereocenters. The molecule has 0 spiro atoms. The smallest absolute Gasteiger partial charge is 0.221 e. The van der Waals surface area contributed by atoms with Crippen LogP contribution in [0.3, 0.4) is 0 Å². The summed E-state index contributed by atoms with van der Waals surface area (Å²) < 4.78 is 0. The third-order valence-electron chi connectivity index (χ3n) is 2.47. The van der Waals surface area contributed by atoms with E-state index < -0.39 is 0 Å². The summed E-state index contributed by atoms with van der Waals surface area (Å²) >= 11 is 12.0. The van der Waals surface area contributed by atoms with E-state index in [1.165, 1.54) is 0 Å². The zero-order valence-corrected chi connectivity index (χ0v) is 11.2. The number of hydrogen-bond donors (Lipinski definition) is 2. The number of nitrogens with one attached hydrogen (secondary N) is 1. The highest BCUT2D eigenvalue weighted by molar-refractivity contribution is 6.35. The van der Waals surface area contributed by atoms with Crippen LogP contribution < -0.4 is 11.1 Å². The van der Waals surface area contributed by atoms with Crippen molar-refractivity contribution < 1.29 is 0 Å². The molecule has 2 aromatic rings. The van der Waals surface area contributed by atoms with Gasteiger partial charge in [0.05, 0.1) is 6.04 Å². The molecule has 94 valence electrons. The molecule has 0 aliphatic heterocycles. The van der Waals surface area contributed by atoms with Crippen LogP contribution in [-0.4, -0.2) is 9.97 Å². The number of nitrogens with zero attached hydrogens (tertiary/aromatic N) is 2. The van der Waals surface area contributed by atoms with E-state index in [9.17, 15) is 0 Å². The molecule has 0 amide bonds. The van der Waals surface area contributed by atoms with Gasteiger partial charge in [0.15, 0.2) is 0 Å². The maximum absolute atomic E-state index is 6.14. The van der Waals surface area contributed by atoms with Gasteiger partial charge in [0.25, 0.3) is 0 Å². The lowest BCUT2D eigenvalue weighted by atomic mass is 10.1. The highest BCUT2D eigenvalue weighted by atomic mass is 35.5. The third-order valence-corrected chi connectivity index (χ3v) is 3.03. The van der Waals surface area contributed by atoms with Gasteiger partial charge in [-0.15, -0.1) is 0 Å². The fourth-order valence-electron chi connectivity index (χ4n) is 1.61. The Balaban J connectivity index is 2.19. The maximum atomic E-state index is 6.14. The molecule has 1 heterocycles. The Bertz CT molecular complexity index is 560. The average molecular weight is 283 g/mol. The Hall–Kier alpha value is -1.52. The largest absolute Gasteiger partial charge is 0.368 e. The second-order valence-electron chi connectivity index (χ2n) is 3.83. The van der Waals surface area contributed by atoms with E-state index in [2.05, 4.69) is 15.3 Å². The summed E-state index contributed by atoms with van der Waals surface area (Å²) in [5.74, 6) is 0.885. The molecule has 1 aromatic carbocycles. The predicted molar refractivity (Wildman–Crippen MR) is 74.9 cm³/mol. The van der Waals surface area contributed by atoms with Crippen LogP contribution in [0.1, 0.15) is 18.5 Å². The van der Waals surface area contributed by atoms with Crippen LogP contribution in [0.5, 0.6) is 0 Å². The van der Waals surface area contributed by atoms with Crippen LogP contribution in [0.2, 0.25) is 10.0 Å². The summed E-state index contributed by atoms with van der Waals surface area (Å²) in [6.07, 6.45) is 1.60. The molecule has 0 aliphatic carbocycles. The zero-order valence-electron chi connectivity index (χ0n) is 9.69. The van der Waals surface area contributed by atoms with Crippen molar-refractivity contribution in [2.75, 3.05) is 11.1 Å². The number of anilines is 2. The summed E-state index contributed by atoms with van der Waals surface area (Å²) in [6, 6.07) is 7.13. The second-order valence-corrected chi connectivity index (χ2v) is 4.68. The van der Waals surface area contributed by atoms with E-state index in [1.54, 1.807) is 24.4 Å². The van der Waals surface area contributed by atoms with E-state index in [-0.39, 0.29) is 12.0 Å². The molecular weight excluding hydrogens is 271 g/mol. The Morgan fingerprint density at radius 3 is 2.72 bits per heavy atom. The van der Waals surface area contributed by atoms with Crippen LogP contribution in [-0.2, 0) is 0 Å². The maximum Gasteiger partial charge on any atom is 0.221 e. The fraction of sp³-hybridized carbons (Fsp3) is 0.167. The minimum atomic E-state index is -0.0101. The number of halogens is 2. The predicted octanol–water partition coefficient (Wildman–Crippen LogP) is 3.54. The van der Waals surface area contributed by atoms with Gasteiger partial charge >= 0.3 is 0 Å². The van der Waals surface area contributed by atoms with Gasteiger partial charge in [0, 0.05) is 16.2 Å². The van der Waals surface area contributed by atoms with Gasteiger partial charge < -0.3 is 11.1 Å². The molecule has 0 saturated heterocycles. The van der Waals surface area contributed by atoms with Gasteiger partial charge in [-0.2, -0.15) is 4.98 Å². The van der Waals surface area contributed by atoms with E-state index in [0.29, 0.717) is 15.9 Å². The number of hydrogen-bond acceptors (Lipinski definition) is 4. The molecule has 2 rings (SSSR count). The van der Waals surface area contributed by atoms with Gasteiger partial charge in [-0.05, 0) is 30.7 Å². The Morgan fingerprint density at radius 2 is 2.06 bits per heavy atom. The van der Waals surface area contributed by atoms with Gasteiger partial charge in [0.2, 0.25) is 5.95 Å². The van der Waals surface area contributed by atoms with Crippen molar-refractivity contribution in [2.45, 2.75) is 13.0 Å². The summed E-state index contributed by atoms with van der Waals surface area (Å²) in [7, 11) is 0. The number of nitrogen functional groups attached to an aromatic ring is 1. The summed E-state index contributed by atoms with van der Waals surface area (Å²) in [6.45, 7) is 1.98. The molecule has 0 fully saturated rings. The highest BCUT2D eigenvalue weighted by Crippen LogP contribution is 2.27. The molecule has 18 heavy (non-hydrogen) atoms. The number of nitrogens with two attached hydrogens (primary N) is 1. The monoisotopic (exact) mass is 282 g/mol. The first kappa shape index (κ1) is 12.9. The Morgan fingerprint density at radius 1 is 1.28 bits per heavy atom.